The average molecular weight is 577 g/mol. The van der Waals surface area contributed by atoms with E-state index >= 15 is 0 Å². The summed E-state index contributed by atoms with van der Waals surface area (Å²) in [5.74, 6) is 0. The molecule has 0 aliphatic heterocycles. The van der Waals surface area contributed by atoms with E-state index in [-0.39, 0.29) is 0 Å². The number of nitrogens with zero attached hydrogens (tertiary/aromatic N) is 3. The van der Waals surface area contributed by atoms with Crippen LogP contribution in [0.5, 0.6) is 0 Å². The first-order valence-corrected chi connectivity index (χ1v) is 14.4. The molecule has 0 aliphatic carbocycles. The predicted octanol–water partition coefficient (Wildman–Crippen LogP) is 9.31. The summed E-state index contributed by atoms with van der Waals surface area (Å²) in [6.45, 7) is 28.5. The zero-order chi connectivity index (χ0) is 31.4. The Morgan fingerprint density at radius 1 is 1.00 bits per heavy atom. The fourth-order valence-corrected chi connectivity index (χ4v) is 4.00. The lowest BCUT2D eigenvalue weighted by Crippen LogP contribution is -2.12. The molecule has 0 aliphatic rings. The second-order valence-electron chi connectivity index (χ2n) is 8.21. The predicted molar refractivity (Wildman–Crippen MR) is 183 cm³/mol. The van der Waals surface area contributed by atoms with Crippen molar-refractivity contribution in [2.75, 3.05) is 24.4 Å². The number of aryl methyl sites for hydroxylation is 2. The van der Waals surface area contributed by atoms with E-state index in [1.54, 1.807) is 12.4 Å². The molecule has 0 saturated heterocycles. The molecular weight excluding hydrogens is 528 g/mol. The third-order valence-electron chi connectivity index (χ3n) is 5.44. The molecule has 0 saturated carbocycles. The van der Waals surface area contributed by atoms with Crippen LogP contribution < -0.4 is 16.2 Å². The van der Waals surface area contributed by atoms with Gasteiger partial charge in [0, 0.05) is 24.2 Å². The van der Waals surface area contributed by atoms with Gasteiger partial charge in [0.05, 0.1) is 27.6 Å². The van der Waals surface area contributed by atoms with Crippen molar-refractivity contribution in [3.63, 3.8) is 0 Å². The highest BCUT2D eigenvalue weighted by molar-refractivity contribution is 6.33. The van der Waals surface area contributed by atoms with E-state index in [2.05, 4.69) is 70.8 Å². The first kappa shape index (κ1) is 37.1. The number of anilines is 2. The third kappa shape index (κ3) is 10.9. The van der Waals surface area contributed by atoms with Crippen LogP contribution in [0, 0.1) is 13.8 Å². The Balaban J connectivity index is 0.00000161. The third-order valence-corrected chi connectivity index (χ3v) is 5.76. The van der Waals surface area contributed by atoms with Gasteiger partial charge in [0.15, 0.2) is 0 Å². The monoisotopic (exact) mass is 576 g/mol. The second kappa shape index (κ2) is 21.0. The summed E-state index contributed by atoms with van der Waals surface area (Å²) >= 11 is 6.33. The topological polar surface area (TPSA) is 66.3 Å². The van der Waals surface area contributed by atoms with Crippen molar-refractivity contribution < 1.29 is 0 Å². The minimum Gasteiger partial charge on any atom is -0.319 e. The quantitative estimate of drug-likeness (QED) is 0.144. The van der Waals surface area contributed by atoms with Crippen molar-refractivity contribution in [1.82, 2.24) is 19.9 Å². The van der Waals surface area contributed by atoms with Gasteiger partial charge in [-0.2, -0.15) is 5.10 Å². The number of hydrogen-bond acceptors (Lipinski definition) is 5. The van der Waals surface area contributed by atoms with Crippen LogP contribution in [0.3, 0.4) is 0 Å². The largest absolute Gasteiger partial charge is 0.319 e. The normalized spacial score (nSPS) is 9.29. The highest BCUT2D eigenvalue weighted by atomic mass is 35.5. The lowest BCUT2D eigenvalue weighted by molar-refractivity contribution is 0.742. The van der Waals surface area contributed by atoms with Gasteiger partial charge in [-0.05, 0) is 74.9 Å². The Morgan fingerprint density at radius 2 is 1.66 bits per heavy atom. The molecule has 2 heterocycles. The smallest absolute Gasteiger partial charge is 0.136 e. The molecule has 41 heavy (non-hydrogen) atoms. The van der Waals surface area contributed by atoms with Gasteiger partial charge in [0.2, 0.25) is 0 Å². The molecule has 2 aromatic heterocycles. The van der Waals surface area contributed by atoms with Gasteiger partial charge < -0.3 is 10.7 Å². The molecule has 6 nitrogen and oxygen atoms in total. The number of hydrogen-bond donors (Lipinski definition) is 3. The van der Waals surface area contributed by atoms with Crippen LogP contribution in [0.15, 0.2) is 87.3 Å². The van der Waals surface area contributed by atoms with E-state index in [9.17, 15) is 0 Å². The minimum atomic E-state index is 0.669. The Kier molecular flexibility index (Phi) is 19.0. The molecule has 2 aromatic carbocycles. The van der Waals surface area contributed by atoms with Crippen LogP contribution in [0.2, 0.25) is 5.02 Å². The van der Waals surface area contributed by atoms with Crippen LogP contribution in [-0.2, 0) is 6.42 Å². The van der Waals surface area contributed by atoms with Crippen LogP contribution in [0.25, 0.3) is 11.1 Å². The van der Waals surface area contributed by atoms with E-state index < -0.39 is 0 Å². The summed E-state index contributed by atoms with van der Waals surface area (Å²) in [6, 6.07) is 16.2. The number of allylic oxidation sites excluding steroid dienone is 1. The zero-order valence-electron chi connectivity index (χ0n) is 26.2. The van der Waals surface area contributed by atoms with Gasteiger partial charge in [-0.3, -0.25) is 5.43 Å². The standard InChI is InChI=1S/C25H27ClN6.C3H6.2C2H6.C2H4/c1-16-8-9-24(23(26)12-16)31-30-20-7-5-6-19(13-20)17(2)22-14-21(10-11-27-4)32-25(22)18(3)28-15-29-32;1-3-2;3*1-2/h5-9,12-15,27,30-31H,2,10-11H2,1,3-4H3;3H,1H2,2H3;2*1-2H3;1-2H2. The Hall–Kier alpha value is -3.87. The van der Waals surface area contributed by atoms with Gasteiger partial charge >= 0.3 is 0 Å². The van der Waals surface area contributed by atoms with Crippen LogP contribution >= 0.6 is 11.6 Å². The van der Waals surface area contributed by atoms with E-state index in [0.29, 0.717) is 5.02 Å². The molecule has 4 aromatic rings. The summed E-state index contributed by atoms with van der Waals surface area (Å²) in [5, 5.41) is 8.36. The van der Waals surface area contributed by atoms with Gasteiger partial charge in [-0.25, -0.2) is 9.50 Å². The molecule has 0 radical (unpaired) electrons. The molecule has 3 N–H and O–H groups in total. The fourth-order valence-electron chi connectivity index (χ4n) is 3.72. The summed E-state index contributed by atoms with van der Waals surface area (Å²) in [5.41, 5.74) is 15.3. The average Bonchev–Trinajstić information content (AvgIpc) is 3.38. The Bertz CT molecular complexity index is 1340. The number of benzene rings is 2. The van der Waals surface area contributed by atoms with Crippen molar-refractivity contribution in [3.8, 4) is 0 Å². The van der Waals surface area contributed by atoms with Crippen molar-refractivity contribution >= 4 is 34.1 Å². The highest BCUT2D eigenvalue weighted by Crippen LogP contribution is 2.31. The van der Waals surface area contributed by atoms with Crippen molar-refractivity contribution in [2.45, 2.75) is 54.9 Å². The van der Waals surface area contributed by atoms with E-state index in [4.69, 9.17) is 11.6 Å². The molecule has 0 bridgehead atoms. The van der Waals surface area contributed by atoms with E-state index in [0.717, 1.165) is 63.5 Å². The van der Waals surface area contributed by atoms with Gasteiger partial charge in [0.25, 0.3) is 0 Å². The highest BCUT2D eigenvalue weighted by Gasteiger charge is 2.16. The Labute approximate surface area is 253 Å². The van der Waals surface area contributed by atoms with Gasteiger partial charge in [-0.1, -0.05) is 70.1 Å². The number of nitrogens with one attached hydrogen (secondary N) is 3. The van der Waals surface area contributed by atoms with Crippen molar-refractivity contribution in [1.29, 1.82) is 0 Å². The molecular formula is C34H49ClN6. The van der Waals surface area contributed by atoms with Crippen molar-refractivity contribution in [2.24, 2.45) is 0 Å². The minimum absolute atomic E-state index is 0.669. The fraction of sp³-hybridized carbons (Fsp3) is 0.294. The summed E-state index contributed by atoms with van der Waals surface area (Å²) in [4.78, 5) is 4.41. The first-order valence-electron chi connectivity index (χ1n) is 14.0. The zero-order valence-corrected chi connectivity index (χ0v) is 27.0. The number of hydrazine groups is 1. The maximum Gasteiger partial charge on any atom is 0.136 e. The number of aromatic nitrogens is 3. The number of fused-ring (bicyclic) bond motifs is 1. The molecule has 4 rings (SSSR count). The lowest BCUT2D eigenvalue weighted by Gasteiger charge is -2.13. The molecule has 0 spiro atoms. The SMILES string of the molecule is C=C.C=C(c1cccc(NNc2ccc(C)cc2Cl)c1)c1cc(CCNC)n2ncnc(C)c12.C=CC.CC.CC. The summed E-state index contributed by atoms with van der Waals surface area (Å²) < 4.78 is 1.98. The number of halogens is 1. The Morgan fingerprint density at radius 3 is 2.27 bits per heavy atom. The van der Waals surface area contributed by atoms with Crippen LogP contribution in [-0.4, -0.2) is 28.2 Å². The van der Waals surface area contributed by atoms with Crippen molar-refractivity contribution in [3.05, 3.63) is 120 Å². The summed E-state index contributed by atoms with van der Waals surface area (Å²) in [6.07, 6.45) is 4.22. The molecule has 0 atom stereocenters. The lowest BCUT2D eigenvalue weighted by atomic mass is 9.99. The van der Waals surface area contributed by atoms with E-state index in [1.807, 2.05) is 90.4 Å². The van der Waals surface area contributed by atoms with Gasteiger partial charge in [-0.15, -0.1) is 19.7 Å². The van der Waals surface area contributed by atoms with E-state index in [1.165, 1.54) is 0 Å². The van der Waals surface area contributed by atoms with Gasteiger partial charge in [0.1, 0.15) is 6.33 Å². The maximum atomic E-state index is 6.33. The molecule has 0 unspecified atom stereocenters. The van der Waals surface area contributed by atoms with Crippen LogP contribution in [0.1, 0.15) is 62.7 Å². The number of likely N-dealkylation sites (N-methyl/N-ethyl adjacent to an activating group) is 1. The van der Waals surface area contributed by atoms with Crippen LogP contribution in [0.4, 0.5) is 11.4 Å². The molecule has 0 amide bonds. The molecule has 0 fully saturated rings. The summed E-state index contributed by atoms with van der Waals surface area (Å²) in [7, 11) is 1.95. The number of rotatable bonds is 8. The maximum absolute atomic E-state index is 6.33. The first-order chi connectivity index (χ1) is 19.9. The molecule has 7 heteroatoms. The second-order valence-corrected chi connectivity index (χ2v) is 8.62. The molecule has 222 valence electrons.